The standard InChI is InChI=1S/C18H27N5.HI/c1-3-5-8-11-21-18(20-4-2)22-14-16-9-6-7-10-17(16)23-13-12-19-15-23;/h6-7,9-10,12-13,15H,3-5,8,11,14H2,1-2H3,(H2,20,21,22);1H. The van der Waals surface area contributed by atoms with E-state index in [1.54, 1.807) is 6.20 Å². The van der Waals surface area contributed by atoms with E-state index >= 15 is 0 Å². The molecule has 1 aromatic heterocycles. The van der Waals surface area contributed by atoms with Gasteiger partial charge in [-0.3, -0.25) is 0 Å². The molecule has 0 saturated heterocycles. The second kappa shape index (κ2) is 11.9. The zero-order chi connectivity index (χ0) is 16.3. The minimum atomic E-state index is 0. The maximum absolute atomic E-state index is 4.71. The molecule has 24 heavy (non-hydrogen) atoms. The number of hydrogen-bond donors (Lipinski definition) is 2. The summed E-state index contributed by atoms with van der Waals surface area (Å²) in [4.78, 5) is 8.84. The van der Waals surface area contributed by atoms with Gasteiger partial charge in [-0.25, -0.2) is 9.98 Å². The zero-order valence-corrected chi connectivity index (χ0v) is 16.9. The number of benzene rings is 1. The number of unbranched alkanes of at least 4 members (excludes halogenated alkanes) is 2. The van der Waals surface area contributed by atoms with Crippen LogP contribution in [0.5, 0.6) is 0 Å². The number of hydrogen-bond acceptors (Lipinski definition) is 2. The molecular formula is C18H28IN5. The molecule has 0 aliphatic carbocycles. The first-order chi connectivity index (χ1) is 11.3. The Morgan fingerprint density at radius 1 is 1.17 bits per heavy atom. The highest BCUT2D eigenvalue weighted by atomic mass is 127. The van der Waals surface area contributed by atoms with Crippen molar-refractivity contribution in [1.29, 1.82) is 0 Å². The van der Waals surface area contributed by atoms with E-state index in [1.165, 1.54) is 24.8 Å². The zero-order valence-electron chi connectivity index (χ0n) is 14.5. The van der Waals surface area contributed by atoms with E-state index in [0.717, 1.165) is 24.7 Å². The summed E-state index contributed by atoms with van der Waals surface area (Å²) in [5.41, 5.74) is 2.30. The van der Waals surface area contributed by atoms with Gasteiger partial charge in [0.05, 0.1) is 18.6 Å². The van der Waals surface area contributed by atoms with Gasteiger partial charge in [-0.05, 0) is 25.0 Å². The second-order valence-corrected chi connectivity index (χ2v) is 5.43. The van der Waals surface area contributed by atoms with Crippen LogP contribution in [0.3, 0.4) is 0 Å². The largest absolute Gasteiger partial charge is 0.357 e. The number of aromatic nitrogens is 2. The molecule has 0 fully saturated rings. The van der Waals surface area contributed by atoms with Gasteiger partial charge in [0.15, 0.2) is 5.96 Å². The lowest BCUT2D eigenvalue weighted by atomic mass is 10.2. The van der Waals surface area contributed by atoms with Crippen LogP contribution in [0.25, 0.3) is 5.69 Å². The molecule has 2 rings (SSSR count). The molecule has 6 heteroatoms. The molecule has 5 nitrogen and oxygen atoms in total. The van der Waals surface area contributed by atoms with Gasteiger partial charge in [0.2, 0.25) is 0 Å². The van der Waals surface area contributed by atoms with Crippen LogP contribution < -0.4 is 10.6 Å². The number of halogens is 1. The number of guanidine groups is 1. The van der Waals surface area contributed by atoms with Crippen molar-refractivity contribution in [3.63, 3.8) is 0 Å². The molecule has 132 valence electrons. The highest BCUT2D eigenvalue weighted by Gasteiger charge is 2.04. The van der Waals surface area contributed by atoms with Crippen molar-refractivity contribution in [2.24, 2.45) is 4.99 Å². The molecule has 0 radical (unpaired) electrons. The monoisotopic (exact) mass is 441 g/mol. The Kier molecular flexibility index (Phi) is 10.1. The third-order valence-corrected chi connectivity index (χ3v) is 3.60. The molecule has 0 saturated carbocycles. The van der Waals surface area contributed by atoms with Crippen molar-refractivity contribution in [3.05, 3.63) is 48.5 Å². The van der Waals surface area contributed by atoms with Crippen LogP contribution in [-0.4, -0.2) is 28.6 Å². The molecule has 1 heterocycles. The lowest BCUT2D eigenvalue weighted by Crippen LogP contribution is -2.37. The molecule has 0 unspecified atom stereocenters. The topological polar surface area (TPSA) is 54.2 Å². The molecule has 0 aliphatic rings. The number of rotatable bonds is 8. The summed E-state index contributed by atoms with van der Waals surface area (Å²) in [6.07, 6.45) is 9.21. The van der Waals surface area contributed by atoms with Gasteiger partial charge < -0.3 is 15.2 Å². The number of nitrogens with zero attached hydrogens (tertiary/aromatic N) is 3. The first-order valence-electron chi connectivity index (χ1n) is 8.43. The van der Waals surface area contributed by atoms with Crippen LogP contribution in [0, 0.1) is 0 Å². The average molecular weight is 441 g/mol. The van der Waals surface area contributed by atoms with Crippen molar-refractivity contribution in [1.82, 2.24) is 20.2 Å². The van der Waals surface area contributed by atoms with E-state index in [1.807, 2.05) is 29.2 Å². The maximum atomic E-state index is 4.71. The van der Waals surface area contributed by atoms with E-state index in [4.69, 9.17) is 4.99 Å². The predicted molar refractivity (Wildman–Crippen MR) is 111 cm³/mol. The normalized spacial score (nSPS) is 11.0. The van der Waals surface area contributed by atoms with Crippen LogP contribution in [0.1, 0.15) is 38.7 Å². The van der Waals surface area contributed by atoms with Gasteiger partial charge in [0, 0.05) is 25.5 Å². The van der Waals surface area contributed by atoms with Gasteiger partial charge in [-0.15, -0.1) is 24.0 Å². The molecule has 0 bridgehead atoms. The van der Waals surface area contributed by atoms with Gasteiger partial charge in [-0.1, -0.05) is 38.0 Å². The van der Waals surface area contributed by atoms with Crippen molar-refractivity contribution in [2.45, 2.75) is 39.7 Å². The summed E-state index contributed by atoms with van der Waals surface area (Å²) >= 11 is 0. The van der Waals surface area contributed by atoms with Crippen LogP contribution in [0.4, 0.5) is 0 Å². The minimum absolute atomic E-state index is 0. The minimum Gasteiger partial charge on any atom is -0.357 e. The molecule has 0 spiro atoms. The SMILES string of the molecule is CCCCCNC(=NCc1ccccc1-n1ccnc1)NCC.I. The summed E-state index contributed by atoms with van der Waals surface area (Å²) in [7, 11) is 0. The molecular weight excluding hydrogens is 413 g/mol. The smallest absolute Gasteiger partial charge is 0.191 e. The van der Waals surface area contributed by atoms with Gasteiger partial charge in [0.1, 0.15) is 0 Å². The fourth-order valence-electron chi connectivity index (χ4n) is 2.39. The highest BCUT2D eigenvalue weighted by Crippen LogP contribution is 2.14. The number of imidazole rings is 1. The quantitative estimate of drug-likeness (QED) is 0.284. The van der Waals surface area contributed by atoms with E-state index in [-0.39, 0.29) is 24.0 Å². The lowest BCUT2D eigenvalue weighted by Gasteiger charge is -2.12. The summed E-state index contributed by atoms with van der Waals surface area (Å²) in [5.74, 6) is 0.879. The Bertz CT molecular complexity index is 595. The van der Waals surface area contributed by atoms with Gasteiger partial charge >= 0.3 is 0 Å². The maximum Gasteiger partial charge on any atom is 0.191 e. The summed E-state index contributed by atoms with van der Waals surface area (Å²) in [6, 6.07) is 8.29. The van der Waals surface area contributed by atoms with Gasteiger partial charge in [0.25, 0.3) is 0 Å². The van der Waals surface area contributed by atoms with E-state index < -0.39 is 0 Å². The predicted octanol–water partition coefficient (Wildman–Crippen LogP) is 3.74. The Labute approximate surface area is 162 Å². The van der Waals surface area contributed by atoms with E-state index in [0.29, 0.717) is 6.54 Å². The fraction of sp³-hybridized carbons (Fsp3) is 0.444. The first kappa shape index (κ1) is 20.5. The van der Waals surface area contributed by atoms with Gasteiger partial charge in [-0.2, -0.15) is 0 Å². The molecule has 0 aliphatic heterocycles. The summed E-state index contributed by atoms with van der Waals surface area (Å²) < 4.78 is 2.02. The van der Waals surface area contributed by atoms with Crippen LogP contribution >= 0.6 is 24.0 Å². The van der Waals surface area contributed by atoms with Crippen LogP contribution in [0.2, 0.25) is 0 Å². The van der Waals surface area contributed by atoms with Crippen molar-refractivity contribution in [2.75, 3.05) is 13.1 Å². The third-order valence-electron chi connectivity index (χ3n) is 3.60. The fourth-order valence-corrected chi connectivity index (χ4v) is 2.39. The Morgan fingerprint density at radius 2 is 2.00 bits per heavy atom. The van der Waals surface area contributed by atoms with Crippen molar-refractivity contribution >= 4 is 29.9 Å². The number of para-hydroxylation sites is 1. The van der Waals surface area contributed by atoms with Crippen molar-refractivity contribution < 1.29 is 0 Å². The molecule has 0 amide bonds. The molecule has 1 aromatic carbocycles. The summed E-state index contributed by atoms with van der Waals surface area (Å²) in [6.45, 7) is 6.76. The van der Waals surface area contributed by atoms with Crippen LogP contribution in [-0.2, 0) is 6.54 Å². The third kappa shape index (κ3) is 6.51. The molecule has 2 N–H and O–H groups in total. The Morgan fingerprint density at radius 3 is 2.71 bits per heavy atom. The second-order valence-electron chi connectivity index (χ2n) is 5.43. The molecule has 0 atom stereocenters. The molecule has 2 aromatic rings. The Balaban J connectivity index is 0.00000288. The van der Waals surface area contributed by atoms with E-state index in [9.17, 15) is 0 Å². The van der Waals surface area contributed by atoms with E-state index in [2.05, 4.69) is 41.6 Å². The lowest BCUT2D eigenvalue weighted by molar-refractivity contribution is 0.683. The highest BCUT2D eigenvalue weighted by molar-refractivity contribution is 14.0. The summed E-state index contributed by atoms with van der Waals surface area (Å²) in [5, 5.41) is 6.70. The van der Waals surface area contributed by atoms with Crippen LogP contribution in [0.15, 0.2) is 48.0 Å². The number of aliphatic imine (C=N–C) groups is 1. The first-order valence-corrected chi connectivity index (χ1v) is 8.43. The average Bonchev–Trinajstić information content (AvgIpc) is 3.11. The van der Waals surface area contributed by atoms with Crippen molar-refractivity contribution in [3.8, 4) is 5.69 Å². The Hall–Kier alpha value is -1.57. The number of nitrogens with one attached hydrogen (secondary N) is 2.